The van der Waals surface area contributed by atoms with Crippen molar-refractivity contribution >= 4 is 15.9 Å². The van der Waals surface area contributed by atoms with Crippen LogP contribution in [0.25, 0.3) is 0 Å². The van der Waals surface area contributed by atoms with Crippen molar-refractivity contribution in [2.75, 3.05) is 0 Å². The second kappa shape index (κ2) is 3.32. The molecule has 1 heterocycles. The molecule has 1 atom stereocenters. The fourth-order valence-corrected chi connectivity index (χ4v) is 1.27. The molecule has 0 bridgehead atoms. The summed E-state index contributed by atoms with van der Waals surface area (Å²) in [6, 6.07) is 0. The maximum Gasteiger partial charge on any atom is 0.217 e. The normalized spacial score (nSPS) is 13.5. The van der Waals surface area contributed by atoms with Crippen LogP contribution in [0.4, 0.5) is 0 Å². The minimum Gasteiger partial charge on any atom is -0.393 e. The number of aromatic nitrogens is 3. The van der Waals surface area contributed by atoms with Gasteiger partial charge in [-0.2, -0.15) is 0 Å². The van der Waals surface area contributed by atoms with Crippen molar-refractivity contribution in [3.05, 3.63) is 10.6 Å². The van der Waals surface area contributed by atoms with E-state index in [-0.39, 0.29) is 6.10 Å². The molecule has 0 saturated carbocycles. The third-order valence-electron chi connectivity index (χ3n) is 1.31. The second-order valence-electron chi connectivity index (χ2n) is 2.47. The van der Waals surface area contributed by atoms with Crippen LogP contribution in [-0.4, -0.2) is 26.0 Å². The van der Waals surface area contributed by atoms with Gasteiger partial charge in [0.15, 0.2) is 0 Å². The lowest BCUT2D eigenvalue weighted by atomic mass is 10.3. The minimum absolute atomic E-state index is 0.371. The number of nitrogens with zero attached hydrogens (tertiary/aromatic N) is 3. The van der Waals surface area contributed by atoms with Gasteiger partial charge in [0.1, 0.15) is 5.82 Å². The lowest BCUT2D eigenvalue weighted by Gasteiger charge is -2.01. The van der Waals surface area contributed by atoms with Gasteiger partial charge in [0.25, 0.3) is 0 Å². The summed E-state index contributed by atoms with van der Waals surface area (Å²) in [4.78, 5) is 4.06. The van der Waals surface area contributed by atoms with Crippen molar-refractivity contribution in [2.24, 2.45) is 7.05 Å². The highest BCUT2D eigenvalue weighted by Gasteiger charge is 2.06. The van der Waals surface area contributed by atoms with E-state index in [1.54, 1.807) is 18.7 Å². The SMILES string of the molecule is CC(O)Cc1nc(Br)nn1C. The van der Waals surface area contributed by atoms with Gasteiger partial charge in [-0.05, 0) is 22.9 Å². The van der Waals surface area contributed by atoms with E-state index in [9.17, 15) is 0 Å². The van der Waals surface area contributed by atoms with E-state index in [4.69, 9.17) is 5.11 Å². The van der Waals surface area contributed by atoms with Crippen LogP contribution >= 0.6 is 15.9 Å². The number of rotatable bonds is 2. The zero-order valence-electron chi connectivity index (χ0n) is 6.45. The Balaban J connectivity index is 2.77. The third kappa shape index (κ3) is 2.27. The molecule has 62 valence electrons. The Morgan fingerprint density at radius 1 is 1.73 bits per heavy atom. The fourth-order valence-electron chi connectivity index (χ4n) is 0.825. The maximum absolute atomic E-state index is 9.04. The summed E-state index contributed by atoms with van der Waals surface area (Å²) >= 11 is 3.15. The smallest absolute Gasteiger partial charge is 0.217 e. The van der Waals surface area contributed by atoms with Crippen molar-refractivity contribution < 1.29 is 5.11 Å². The van der Waals surface area contributed by atoms with E-state index in [1.165, 1.54) is 0 Å². The Kier molecular flexibility index (Phi) is 2.62. The van der Waals surface area contributed by atoms with E-state index in [0.29, 0.717) is 11.2 Å². The summed E-state index contributed by atoms with van der Waals surface area (Å²) in [7, 11) is 1.80. The molecule has 0 aliphatic carbocycles. The molecule has 5 heteroatoms. The van der Waals surface area contributed by atoms with Crippen molar-refractivity contribution in [3.63, 3.8) is 0 Å². The van der Waals surface area contributed by atoms with Gasteiger partial charge >= 0.3 is 0 Å². The minimum atomic E-state index is -0.371. The highest BCUT2D eigenvalue weighted by molar-refractivity contribution is 9.10. The Morgan fingerprint density at radius 3 is 2.73 bits per heavy atom. The van der Waals surface area contributed by atoms with Crippen LogP contribution in [0.5, 0.6) is 0 Å². The van der Waals surface area contributed by atoms with Crippen molar-refractivity contribution in [1.82, 2.24) is 14.8 Å². The van der Waals surface area contributed by atoms with Gasteiger partial charge in [-0.1, -0.05) is 0 Å². The van der Waals surface area contributed by atoms with Crippen molar-refractivity contribution in [1.29, 1.82) is 0 Å². The van der Waals surface area contributed by atoms with E-state index in [0.717, 1.165) is 5.82 Å². The Morgan fingerprint density at radius 2 is 2.36 bits per heavy atom. The predicted octanol–water partition coefficient (Wildman–Crippen LogP) is 0.501. The molecule has 11 heavy (non-hydrogen) atoms. The van der Waals surface area contributed by atoms with Crippen LogP contribution in [0.1, 0.15) is 12.7 Å². The molecule has 1 aromatic heterocycles. The topological polar surface area (TPSA) is 50.9 Å². The molecule has 1 aromatic rings. The first-order valence-electron chi connectivity index (χ1n) is 3.33. The van der Waals surface area contributed by atoms with Crippen LogP contribution < -0.4 is 0 Å². The summed E-state index contributed by atoms with van der Waals surface area (Å²) in [5.41, 5.74) is 0. The number of aryl methyl sites for hydroxylation is 1. The molecule has 0 radical (unpaired) electrons. The summed E-state index contributed by atoms with van der Waals surface area (Å²) in [6.45, 7) is 1.72. The molecule has 1 unspecified atom stereocenters. The third-order valence-corrected chi connectivity index (χ3v) is 1.64. The zero-order valence-corrected chi connectivity index (χ0v) is 8.04. The number of halogens is 1. The number of aliphatic hydroxyl groups is 1. The average Bonchev–Trinajstić information content (AvgIpc) is 2.09. The lowest BCUT2D eigenvalue weighted by Crippen LogP contribution is -2.09. The molecule has 0 saturated heterocycles. The van der Waals surface area contributed by atoms with Gasteiger partial charge in [0.05, 0.1) is 6.10 Å². The molecule has 1 rings (SSSR count). The summed E-state index contributed by atoms with van der Waals surface area (Å²) < 4.78 is 2.22. The molecule has 4 nitrogen and oxygen atoms in total. The second-order valence-corrected chi connectivity index (χ2v) is 3.18. The van der Waals surface area contributed by atoms with Crippen LogP contribution in [0.3, 0.4) is 0 Å². The molecule has 0 fully saturated rings. The molecule has 0 aliphatic heterocycles. The molecule has 0 spiro atoms. The molecular weight excluding hydrogens is 210 g/mol. The van der Waals surface area contributed by atoms with Crippen molar-refractivity contribution in [3.8, 4) is 0 Å². The van der Waals surface area contributed by atoms with Crippen LogP contribution in [-0.2, 0) is 13.5 Å². The molecule has 0 aliphatic rings. The van der Waals surface area contributed by atoms with Crippen molar-refractivity contribution in [2.45, 2.75) is 19.4 Å². The first-order chi connectivity index (χ1) is 5.09. The van der Waals surface area contributed by atoms with E-state index in [2.05, 4.69) is 26.0 Å². The Hall–Kier alpha value is -0.420. The van der Waals surface area contributed by atoms with E-state index >= 15 is 0 Å². The van der Waals surface area contributed by atoms with Crippen LogP contribution in [0.2, 0.25) is 0 Å². The quantitative estimate of drug-likeness (QED) is 0.789. The van der Waals surface area contributed by atoms with Gasteiger partial charge in [-0.15, -0.1) is 5.10 Å². The predicted molar refractivity (Wildman–Crippen MR) is 44.1 cm³/mol. The summed E-state index contributed by atoms with van der Waals surface area (Å²) in [5.74, 6) is 0.784. The first kappa shape index (κ1) is 8.67. The molecule has 0 aromatic carbocycles. The zero-order chi connectivity index (χ0) is 8.43. The van der Waals surface area contributed by atoms with E-state index < -0.39 is 0 Å². The van der Waals surface area contributed by atoms with Gasteiger partial charge in [-0.25, -0.2) is 4.98 Å². The monoisotopic (exact) mass is 219 g/mol. The standard InChI is InChI=1S/C6H10BrN3O/c1-4(11)3-5-8-6(7)9-10(5)2/h4,11H,3H2,1-2H3. The van der Waals surface area contributed by atoms with Crippen LogP contribution in [0, 0.1) is 0 Å². The molecular formula is C6H10BrN3O. The summed E-state index contributed by atoms with van der Waals surface area (Å²) in [6.07, 6.45) is 0.166. The number of hydrogen-bond acceptors (Lipinski definition) is 3. The molecule has 0 amide bonds. The number of hydrogen-bond donors (Lipinski definition) is 1. The first-order valence-corrected chi connectivity index (χ1v) is 4.12. The van der Waals surface area contributed by atoms with Gasteiger partial charge in [-0.3, -0.25) is 4.68 Å². The Labute approximate surface area is 73.4 Å². The van der Waals surface area contributed by atoms with E-state index in [1.807, 2.05) is 0 Å². The van der Waals surface area contributed by atoms with Gasteiger partial charge < -0.3 is 5.11 Å². The largest absolute Gasteiger partial charge is 0.393 e. The fraction of sp³-hybridized carbons (Fsp3) is 0.667. The highest BCUT2D eigenvalue weighted by atomic mass is 79.9. The Bertz CT molecular complexity index is 246. The highest BCUT2D eigenvalue weighted by Crippen LogP contribution is 2.05. The number of aliphatic hydroxyl groups excluding tert-OH is 1. The van der Waals surface area contributed by atoms with Gasteiger partial charge in [0.2, 0.25) is 4.73 Å². The average molecular weight is 220 g/mol. The van der Waals surface area contributed by atoms with Crippen LogP contribution in [0.15, 0.2) is 4.73 Å². The van der Waals surface area contributed by atoms with Gasteiger partial charge in [0, 0.05) is 13.5 Å². The molecule has 1 N–H and O–H groups in total. The summed E-state index contributed by atoms with van der Waals surface area (Å²) in [5, 5.41) is 13.0. The lowest BCUT2D eigenvalue weighted by molar-refractivity contribution is 0.191. The maximum atomic E-state index is 9.04.